The SMILES string of the molecule is CCN(CC(C)C)C(=O)NCC(=O)NCC(=O)O. The lowest BCUT2D eigenvalue weighted by atomic mass is 10.2. The predicted molar refractivity (Wildman–Crippen MR) is 66.1 cm³/mol. The lowest BCUT2D eigenvalue weighted by molar-refractivity contribution is -0.137. The van der Waals surface area contributed by atoms with Gasteiger partial charge in [0.1, 0.15) is 6.54 Å². The Balaban J connectivity index is 3.99. The molecule has 0 aliphatic heterocycles. The summed E-state index contributed by atoms with van der Waals surface area (Å²) in [7, 11) is 0. The Morgan fingerprint density at radius 1 is 1.17 bits per heavy atom. The van der Waals surface area contributed by atoms with Crippen LogP contribution in [-0.2, 0) is 9.59 Å². The first-order valence-electron chi connectivity index (χ1n) is 5.88. The van der Waals surface area contributed by atoms with Gasteiger partial charge in [0.25, 0.3) is 0 Å². The molecule has 0 heterocycles. The normalized spacial score (nSPS) is 10.0. The van der Waals surface area contributed by atoms with Crippen LogP contribution in [0.2, 0.25) is 0 Å². The van der Waals surface area contributed by atoms with Crippen molar-refractivity contribution in [2.24, 2.45) is 5.92 Å². The van der Waals surface area contributed by atoms with Gasteiger partial charge in [-0.25, -0.2) is 4.79 Å². The van der Waals surface area contributed by atoms with Gasteiger partial charge in [-0.05, 0) is 12.8 Å². The van der Waals surface area contributed by atoms with E-state index in [1.54, 1.807) is 4.90 Å². The summed E-state index contributed by atoms with van der Waals surface area (Å²) in [6.07, 6.45) is 0. The van der Waals surface area contributed by atoms with Crippen molar-refractivity contribution < 1.29 is 19.5 Å². The minimum Gasteiger partial charge on any atom is -0.480 e. The van der Waals surface area contributed by atoms with E-state index < -0.39 is 18.4 Å². The number of rotatable bonds is 7. The van der Waals surface area contributed by atoms with Crippen molar-refractivity contribution in [3.8, 4) is 0 Å². The van der Waals surface area contributed by atoms with Crippen molar-refractivity contribution in [1.82, 2.24) is 15.5 Å². The highest BCUT2D eigenvalue weighted by atomic mass is 16.4. The monoisotopic (exact) mass is 259 g/mol. The summed E-state index contributed by atoms with van der Waals surface area (Å²) in [5.74, 6) is -1.30. The van der Waals surface area contributed by atoms with Gasteiger partial charge in [-0.1, -0.05) is 13.8 Å². The molecule has 0 aliphatic carbocycles. The maximum absolute atomic E-state index is 11.7. The Bertz CT molecular complexity index is 305. The van der Waals surface area contributed by atoms with Crippen LogP contribution < -0.4 is 10.6 Å². The third kappa shape index (κ3) is 7.48. The molecule has 0 rings (SSSR count). The number of carboxylic acid groups (broad SMARTS) is 1. The first-order chi connectivity index (χ1) is 8.36. The molecule has 0 bridgehead atoms. The molecule has 0 spiro atoms. The fourth-order valence-corrected chi connectivity index (χ4v) is 1.30. The van der Waals surface area contributed by atoms with Crippen molar-refractivity contribution in [2.75, 3.05) is 26.2 Å². The van der Waals surface area contributed by atoms with E-state index in [4.69, 9.17) is 5.11 Å². The number of nitrogens with one attached hydrogen (secondary N) is 2. The van der Waals surface area contributed by atoms with Crippen LogP contribution in [0.1, 0.15) is 20.8 Å². The summed E-state index contributed by atoms with van der Waals surface area (Å²) in [5, 5.41) is 13.0. The molecular formula is C11H21N3O4. The maximum atomic E-state index is 11.7. The zero-order valence-corrected chi connectivity index (χ0v) is 11.0. The minimum absolute atomic E-state index is 0.222. The predicted octanol–water partition coefficient (Wildman–Crippen LogP) is -0.125. The molecule has 0 aliphatic rings. The molecule has 18 heavy (non-hydrogen) atoms. The van der Waals surface area contributed by atoms with E-state index in [9.17, 15) is 14.4 Å². The largest absolute Gasteiger partial charge is 0.480 e. The number of urea groups is 1. The number of aliphatic carboxylic acids is 1. The molecule has 7 heteroatoms. The summed E-state index contributed by atoms with van der Waals surface area (Å²) in [4.78, 5) is 34.6. The van der Waals surface area contributed by atoms with Crippen LogP contribution >= 0.6 is 0 Å². The van der Waals surface area contributed by atoms with Gasteiger partial charge in [0.05, 0.1) is 6.54 Å². The standard InChI is InChI=1S/C11H21N3O4/c1-4-14(7-8(2)3)11(18)13-5-9(15)12-6-10(16)17/h8H,4-7H2,1-3H3,(H,12,15)(H,13,18)(H,16,17). The Labute approximate surface area is 107 Å². The third-order valence-electron chi connectivity index (χ3n) is 2.09. The number of carbonyl (C=O) groups excluding carboxylic acids is 2. The van der Waals surface area contributed by atoms with E-state index in [0.29, 0.717) is 19.0 Å². The molecule has 0 aromatic heterocycles. The summed E-state index contributed by atoms with van der Waals surface area (Å²) < 4.78 is 0. The van der Waals surface area contributed by atoms with Gasteiger partial charge in [-0.2, -0.15) is 0 Å². The van der Waals surface area contributed by atoms with Gasteiger partial charge in [-0.3, -0.25) is 9.59 Å². The fourth-order valence-electron chi connectivity index (χ4n) is 1.30. The van der Waals surface area contributed by atoms with Gasteiger partial charge >= 0.3 is 12.0 Å². The highest BCUT2D eigenvalue weighted by Crippen LogP contribution is 1.98. The van der Waals surface area contributed by atoms with E-state index in [1.807, 2.05) is 20.8 Å². The second-order valence-electron chi connectivity index (χ2n) is 4.26. The number of nitrogens with zero attached hydrogens (tertiary/aromatic N) is 1. The molecule has 104 valence electrons. The number of carbonyl (C=O) groups is 3. The highest BCUT2D eigenvalue weighted by molar-refractivity contribution is 5.86. The second-order valence-corrected chi connectivity index (χ2v) is 4.26. The minimum atomic E-state index is -1.12. The molecule has 0 aromatic rings. The lowest BCUT2D eigenvalue weighted by Gasteiger charge is -2.23. The van der Waals surface area contributed by atoms with E-state index in [1.165, 1.54) is 0 Å². The molecule has 0 saturated heterocycles. The first kappa shape index (κ1) is 16.2. The van der Waals surface area contributed by atoms with Crippen molar-refractivity contribution in [3.63, 3.8) is 0 Å². The summed E-state index contributed by atoms with van der Waals surface area (Å²) in [5.41, 5.74) is 0. The topological polar surface area (TPSA) is 98.7 Å². The van der Waals surface area contributed by atoms with Gasteiger partial charge in [0.15, 0.2) is 0 Å². The molecule has 0 unspecified atom stereocenters. The van der Waals surface area contributed by atoms with Crippen molar-refractivity contribution in [1.29, 1.82) is 0 Å². The van der Waals surface area contributed by atoms with E-state index in [2.05, 4.69) is 10.6 Å². The van der Waals surface area contributed by atoms with Crippen molar-refractivity contribution in [3.05, 3.63) is 0 Å². The molecule has 0 aromatic carbocycles. The van der Waals surface area contributed by atoms with Crippen molar-refractivity contribution in [2.45, 2.75) is 20.8 Å². The third-order valence-corrected chi connectivity index (χ3v) is 2.09. The summed E-state index contributed by atoms with van der Waals surface area (Å²) in [6, 6.07) is -0.323. The van der Waals surface area contributed by atoms with Gasteiger partial charge in [0, 0.05) is 13.1 Å². The van der Waals surface area contributed by atoms with Crippen molar-refractivity contribution >= 4 is 17.9 Å². The molecule has 0 fully saturated rings. The van der Waals surface area contributed by atoms with E-state index >= 15 is 0 Å². The quantitative estimate of drug-likeness (QED) is 0.593. The average molecular weight is 259 g/mol. The van der Waals surface area contributed by atoms with E-state index in [0.717, 1.165) is 0 Å². The molecule has 0 atom stereocenters. The number of hydrogen-bond donors (Lipinski definition) is 3. The second kappa shape index (κ2) is 8.32. The van der Waals surface area contributed by atoms with Crippen LogP contribution in [0.25, 0.3) is 0 Å². The van der Waals surface area contributed by atoms with Gasteiger partial charge in [-0.15, -0.1) is 0 Å². The Hall–Kier alpha value is -1.79. The Morgan fingerprint density at radius 2 is 1.78 bits per heavy atom. The van der Waals surface area contributed by atoms with Gasteiger partial charge < -0.3 is 20.6 Å². The zero-order chi connectivity index (χ0) is 14.1. The molecule has 3 amide bonds. The first-order valence-corrected chi connectivity index (χ1v) is 5.88. The maximum Gasteiger partial charge on any atom is 0.322 e. The van der Waals surface area contributed by atoms with Crippen LogP contribution in [0.3, 0.4) is 0 Å². The summed E-state index contributed by atoms with van der Waals surface area (Å²) >= 11 is 0. The highest BCUT2D eigenvalue weighted by Gasteiger charge is 2.13. The molecular weight excluding hydrogens is 238 g/mol. The number of carboxylic acids is 1. The van der Waals surface area contributed by atoms with Crippen LogP contribution in [0, 0.1) is 5.92 Å². The lowest BCUT2D eigenvalue weighted by Crippen LogP contribution is -2.46. The number of hydrogen-bond acceptors (Lipinski definition) is 3. The molecule has 0 radical (unpaired) electrons. The van der Waals surface area contributed by atoms with Gasteiger partial charge in [0.2, 0.25) is 5.91 Å². The Kier molecular flexibility index (Phi) is 7.50. The molecule has 0 saturated carbocycles. The summed E-state index contributed by atoms with van der Waals surface area (Å²) in [6.45, 7) is 6.34. The molecule has 3 N–H and O–H groups in total. The van der Waals surface area contributed by atoms with Crippen LogP contribution in [0.15, 0.2) is 0 Å². The van der Waals surface area contributed by atoms with Crippen LogP contribution in [-0.4, -0.2) is 54.1 Å². The Morgan fingerprint density at radius 3 is 2.22 bits per heavy atom. The van der Waals surface area contributed by atoms with E-state index in [-0.39, 0.29) is 12.6 Å². The smallest absolute Gasteiger partial charge is 0.322 e. The fraction of sp³-hybridized carbons (Fsp3) is 0.727. The van der Waals surface area contributed by atoms with Crippen LogP contribution in [0.4, 0.5) is 4.79 Å². The molecule has 7 nitrogen and oxygen atoms in total. The number of amides is 3. The van der Waals surface area contributed by atoms with Crippen LogP contribution in [0.5, 0.6) is 0 Å². The zero-order valence-electron chi connectivity index (χ0n) is 11.0. The average Bonchev–Trinajstić information content (AvgIpc) is 2.29.